The molecule has 3 rings (SSSR count). The maximum atomic E-state index is 12.8. The molecule has 2 aliphatic rings. The number of nitrogens with zero attached hydrogens (tertiary/aromatic N) is 4. The van der Waals surface area contributed by atoms with Gasteiger partial charge in [0.05, 0.1) is 12.5 Å². The van der Waals surface area contributed by atoms with Crippen LogP contribution in [0.25, 0.3) is 0 Å². The summed E-state index contributed by atoms with van der Waals surface area (Å²) >= 11 is 0. The van der Waals surface area contributed by atoms with Gasteiger partial charge in [-0.15, -0.1) is 0 Å². The molecule has 2 aliphatic heterocycles. The SMILES string of the molecule is Cc1nc(CN2CCC[C@H](C(=O)N3CCCCCC3)C2)no1. The zero-order chi connectivity index (χ0) is 15.4. The molecule has 6 nitrogen and oxygen atoms in total. The molecule has 0 N–H and O–H groups in total. The fourth-order valence-electron chi connectivity index (χ4n) is 3.56. The van der Waals surface area contributed by atoms with Crippen molar-refractivity contribution in [3.8, 4) is 0 Å². The highest BCUT2D eigenvalue weighted by molar-refractivity contribution is 5.79. The fraction of sp³-hybridized carbons (Fsp3) is 0.812. The van der Waals surface area contributed by atoms with Crippen LogP contribution in [0.2, 0.25) is 0 Å². The van der Waals surface area contributed by atoms with Gasteiger partial charge in [-0.3, -0.25) is 9.69 Å². The average molecular weight is 306 g/mol. The van der Waals surface area contributed by atoms with Crippen molar-refractivity contribution in [2.45, 2.75) is 52.0 Å². The Balaban J connectivity index is 1.56. The molecule has 0 saturated carbocycles. The second-order valence-corrected chi connectivity index (χ2v) is 6.54. The van der Waals surface area contributed by atoms with Crippen molar-refractivity contribution in [2.24, 2.45) is 5.92 Å². The van der Waals surface area contributed by atoms with Crippen LogP contribution in [0.5, 0.6) is 0 Å². The van der Waals surface area contributed by atoms with Crippen molar-refractivity contribution in [1.82, 2.24) is 19.9 Å². The summed E-state index contributed by atoms with van der Waals surface area (Å²) in [5.41, 5.74) is 0. The third-order valence-electron chi connectivity index (χ3n) is 4.71. The second kappa shape index (κ2) is 7.22. The summed E-state index contributed by atoms with van der Waals surface area (Å²) in [5.74, 6) is 1.82. The number of hydrogen-bond donors (Lipinski definition) is 0. The minimum absolute atomic E-state index is 0.139. The van der Waals surface area contributed by atoms with Gasteiger partial charge >= 0.3 is 0 Å². The van der Waals surface area contributed by atoms with Crippen LogP contribution >= 0.6 is 0 Å². The Hall–Kier alpha value is -1.43. The summed E-state index contributed by atoms with van der Waals surface area (Å²) in [5, 5.41) is 3.96. The van der Waals surface area contributed by atoms with E-state index in [4.69, 9.17) is 4.52 Å². The Morgan fingerprint density at radius 3 is 2.64 bits per heavy atom. The predicted molar refractivity (Wildman–Crippen MR) is 82.1 cm³/mol. The average Bonchev–Trinajstić information content (AvgIpc) is 2.78. The number of piperidine rings is 1. The molecule has 1 aromatic rings. The Morgan fingerprint density at radius 1 is 1.18 bits per heavy atom. The van der Waals surface area contributed by atoms with Crippen molar-refractivity contribution in [3.05, 3.63) is 11.7 Å². The highest BCUT2D eigenvalue weighted by Crippen LogP contribution is 2.22. The molecular formula is C16H26N4O2. The van der Waals surface area contributed by atoms with Crippen LogP contribution in [0.15, 0.2) is 4.52 Å². The van der Waals surface area contributed by atoms with Crippen LogP contribution in [0.4, 0.5) is 0 Å². The lowest BCUT2D eigenvalue weighted by Crippen LogP contribution is -2.45. The van der Waals surface area contributed by atoms with Gasteiger partial charge in [0, 0.05) is 26.6 Å². The van der Waals surface area contributed by atoms with Crippen LogP contribution in [0.3, 0.4) is 0 Å². The van der Waals surface area contributed by atoms with E-state index in [9.17, 15) is 4.79 Å². The molecule has 3 heterocycles. The van der Waals surface area contributed by atoms with E-state index in [-0.39, 0.29) is 5.92 Å². The topological polar surface area (TPSA) is 62.5 Å². The number of carbonyl (C=O) groups is 1. The third kappa shape index (κ3) is 3.85. The van der Waals surface area contributed by atoms with Gasteiger partial charge in [-0.2, -0.15) is 4.98 Å². The zero-order valence-corrected chi connectivity index (χ0v) is 13.5. The molecule has 2 fully saturated rings. The summed E-state index contributed by atoms with van der Waals surface area (Å²) in [6.07, 6.45) is 6.92. The van der Waals surface area contributed by atoms with E-state index in [2.05, 4.69) is 19.9 Å². The summed E-state index contributed by atoms with van der Waals surface area (Å²) < 4.78 is 5.03. The van der Waals surface area contributed by atoms with E-state index in [1.807, 2.05) is 0 Å². The van der Waals surface area contributed by atoms with Gasteiger partial charge in [0.1, 0.15) is 0 Å². The van der Waals surface area contributed by atoms with Crippen molar-refractivity contribution in [3.63, 3.8) is 0 Å². The van der Waals surface area contributed by atoms with E-state index in [0.29, 0.717) is 18.3 Å². The Labute approximate surface area is 131 Å². The minimum atomic E-state index is 0.139. The lowest BCUT2D eigenvalue weighted by Gasteiger charge is -2.34. The van der Waals surface area contributed by atoms with E-state index < -0.39 is 0 Å². The second-order valence-electron chi connectivity index (χ2n) is 6.54. The number of carbonyl (C=O) groups excluding carboxylic acids is 1. The molecule has 0 aromatic carbocycles. The van der Waals surface area contributed by atoms with Crippen molar-refractivity contribution < 1.29 is 9.32 Å². The van der Waals surface area contributed by atoms with Crippen LogP contribution < -0.4 is 0 Å². The standard InChI is InChI=1S/C16H26N4O2/c1-13-17-15(18-22-13)12-19-8-6-7-14(11-19)16(21)20-9-4-2-3-5-10-20/h14H,2-12H2,1H3/t14-/m0/s1. The number of hydrogen-bond acceptors (Lipinski definition) is 5. The first-order valence-corrected chi connectivity index (χ1v) is 8.53. The first-order chi connectivity index (χ1) is 10.7. The van der Waals surface area contributed by atoms with Crippen molar-refractivity contribution in [2.75, 3.05) is 26.2 Å². The number of aryl methyl sites for hydroxylation is 1. The summed E-state index contributed by atoms with van der Waals surface area (Å²) in [6, 6.07) is 0. The molecule has 22 heavy (non-hydrogen) atoms. The highest BCUT2D eigenvalue weighted by atomic mass is 16.5. The summed E-state index contributed by atoms with van der Waals surface area (Å²) in [4.78, 5) is 21.4. The van der Waals surface area contributed by atoms with Crippen molar-refractivity contribution >= 4 is 5.91 Å². The van der Waals surface area contributed by atoms with Crippen LogP contribution in [-0.2, 0) is 11.3 Å². The third-order valence-corrected chi connectivity index (χ3v) is 4.71. The fourth-order valence-corrected chi connectivity index (χ4v) is 3.56. The number of amides is 1. The van der Waals surface area contributed by atoms with Crippen LogP contribution in [-0.4, -0.2) is 52.0 Å². The van der Waals surface area contributed by atoms with Gasteiger partial charge in [0.25, 0.3) is 0 Å². The van der Waals surface area contributed by atoms with E-state index >= 15 is 0 Å². The molecule has 1 amide bonds. The van der Waals surface area contributed by atoms with Gasteiger partial charge in [-0.05, 0) is 32.2 Å². The van der Waals surface area contributed by atoms with Gasteiger partial charge in [-0.25, -0.2) is 0 Å². The molecular weight excluding hydrogens is 280 g/mol. The Bertz CT molecular complexity index is 494. The summed E-state index contributed by atoms with van der Waals surface area (Å²) in [7, 11) is 0. The molecule has 0 spiro atoms. The number of rotatable bonds is 3. The zero-order valence-electron chi connectivity index (χ0n) is 13.5. The normalized spacial score (nSPS) is 24.2. The van der Waals surface area contributed by atoms with Crippen LogP contribution in [0, 0.1) is 12.8 Å². The first kappa shape index (κ1) is 15.5. The smallest absolute Gasteiger partial charge is 0.226 e. The molecule has 6 heteroatoms. The van der Waals surface area contributed by atoms with Gasteiger partial charge in [-0.1, -0.05) is 18.0 Å². The molecule has 122 valence electrons. The van der Waals surface area contributed by atoms with Crippen molar-refractivity contribution in [1.29, 1.82) is 0 Å². The van der Waals surface area contributed by atoms with E-state index in [1.165, 1.54) is 12.8 Å². The van der Waals surface area contributed by atoms with E-state index in [0.717, 1.165) is 57.7 Å². The molecule has 0 unspecified atom stereocenters. The van der Waals surface area contributed by atoms with Crippen LogP contribution in [0.1, 0.15) is 50.2 Å². The van der Waals surface area contributed by atoms with E-state index in [1.54, 1.807) is 6.92 Å². The predicted octanol–water partition coefficient (Wildman–Crippen LogP) is 1.99. The Kier molecular flexibility index (Phi) is 5.08. The number of aromatic nitrogens is 2. The van der Waals surface area contributed by atoms with Gasteiger partial charge in [0.2, 0.25) is 11.8 Å². The summed E-state index contributed by atoms with van der Waals surface area (Å²) in [6.45, 7) is 6.21. The quantitative estimate of drug-likeness (QED) is 0.854. The highest BCUT2D eigenvalue weighted by Gasteiger charge is 2.30. The Morgan fingerprint density at radius 2 is 1.95 bits per heavy atom. The molecule has 0 aliphatic carbocycles. The molecule has 2 saturated heterocycles. The molecule has 1 aromatic heterocycles. The number of likely N-dealkylation sites (tertiary alicyclic amines) is 2. The monoisotopic (exact) mass is 306 g/mol. The largest absolute Gasteiger partial charge is 0.342 e. The molecule has 0 bridgehead atoms. The van der Waals surface area contributed by atoms with Gasteiger partial charge < -0.3 is 9.42 Å². The minimum Gasteiger partial charge on any atom is -0.342 e. The lowest BCUT2D eigenvalue weighted by atomic mass is 9.96. The first-order valence-electron chi connectivity index (χ1n) is 8.53. The van der Waals surface area contributed by atoms with Gasteiger partial charge in [0.15, 0.2) is 5.82 Å². The molecule has 0 radical (unpaired) electrons. The lowest BCUT2D eigenvalue weighted by molar-refractivity contribution is -0.137. The maximum Gasteiger partial charge on any atom is 0.226 e. The molecule has 1 atom stereocenters. The maximum absolute atomic E-state index is 12.8.